The Balaban J connectivity index is 2.15. The van der Waals surface area contributed by atoms with Gasteiger partial charge in [-0.05, 0) is 25.1 Å². The largest absolute Gasteiger partial charge is 0.307 e. The van der Waals surface area contributed by atoms with Crippen LogP contribution in [0.1, 0.15) is 9.75 Å². The fourth-order valence-electron chi connectivity index (χ4n) is 1.50. The zero-order chi connectivity index (χ0) is 14.8. The number of aromatic nitrogens is 1. The molecule has 4 N–H and O–H groups in total. The van der Waals surface area contributed by atoms with E-state index in [9.17, 15) is 8.42 Å². The van der Waals surface area contributed by atoms with Crippen molar-refractivity contribution in [2.45, 2.75) is 18.4 Å². The zero-order valence-electron chi connectivity index (χ0n) is 10.6. The lowest BCUT2D eigenvalue weighted by atomic mass is 10.4. The van der Waals surface area contributed by atoms with Crippen molar-refractivity contribution in [2.24, 2.45) is 5.84 Å². The van der Waals surface area contributed by atoms with Crippen LogP contribution in [-0.4, -0.2) is 13.4 Å². The number of halogens is 1. The number of nitrogen functional groups attached to an aromatic ring is 1. The fraction of sp³-hybridized carbons (Fsp3) is 0.182. The lowest BCUT2D eigenvalue weighted by Crippen LogP contribution is -2.23. The first kappa shape index (κ1) is 15.2. The smallest absolute Gasteiger partial charge is 0.242 e. The molecule has 0 atom stereocenters. The standard InChI is InChI=1S/C11H13ClN4O2S2/c1-7-2-3-8(19-7)5-15-20(17,18)9-4-10(12)11(16-13)14-6-9/h2-4,6,15H,5,13H2,1H3,(H,14,16). The topological polar surface area (TPSA) is 97.1 Å². The fourth-order valence-corrected chi connectivity index (χ4v) is 3.69. The summed E-state index contributed by atoms with van der Waals surface area (Å²) in [5, 5.41) is 0.141. The van der Waals surface area contributed by atoms with Crippen LogP contribution in [0.5, 0.6) is 0 Å². The SMILES string of the molecule is Cc1ccc(CNS(=O)(=O)c2cnc(NN)c(Cl)c2)s1. The summed E-state index contributed by atoms with van der Waals surface area (Å²) < 4.78 is 26.7. The molecule has 2 rings (SSSR count). The van der Waals surface area contributed by atoms with E-state index in [4.69, 9.17) is 17.4 Å². The molecule has 0 aliphatic carbocycles. The van der Waals surface area contributed by atoms with Crippen LogP contribution in [0.3, 0.4) is 0 Å². The number of sulfonamides is 1. The highest BCUT2D eigenvalue weighted by atomic mass is 35.5. The number of anilines is 1. The normalized spacial score (nSPS) is 11.6. The summed E-state index contributed by atoms with van der Waals surface area (Å²) >= 11 is 7.40. The average Bonchev–Trinajstić information content (AvgIpc) is 2.82. The summed E-state index contributed by atoms with van der Waals surface area (Å²) in [5.41, 5.74) is 2.28. The van der Waals surface area contributed by atoms with Gasteiger partial charge in [0.15, 0.2) is 5.82 Å². The molecule has 0 saturated carbocycles. The van der Waals surface area contributed by atoms with Crippen LogP contribution in [0, 0.1) is 6.92 Å². The Hall–Kier alpha value is -1.19. The predicted octanol–water partition coefficient (Wildman–Crippen LogP) is 1.87. The highest BCUT2D eigenvalue weighted by Gasteiger charge is 2.16. The highest BCUT2D eigenvalue weighted by Crippen LogP contribution is 2.22. The number of rotatable bonds is 5. The lowest BCUT2D eigenvalue weighted by Gasteiger charge is -2.07. The molecule has 0 radical (unpaired) electrons. The number of pyridine rings is 1. The average molecular weight is 333 g/mol. The minimum absolute atomic E-state index is 0.00484. The monoisotopic (exact) mass is 332 g/mol. The molecule has 0 aliphatic rings. The molecule has 2 heterocycles. The Morgan fingerprint density at radius 1 is 1.45 bits per heavy atom. The number of hydrogen-bond donors (Lipinski definition) is 3. The number of nitrogens with two attached hydrogens (primary N) is 1. The van der Waals surface area contributed by atoms with Gasteiger partial charge >= 0.3 is 0 Å². The molecule has 20 heavy (non-hydrogen) atoms. The van der Waals surface area contributed by atoms with Gasteiger partial charge in [0.25, 0.3) is 0 Å². The van der Waals surface area contributed by atoms with Crippen LogP contribution in [0.25, 0.3) is 0 Å². The van der Waals surface area contributed by atoms with Gasteiger partial charge in [-0.1, -0.05) is 11.6 Å². The lowest BCUT2D eigenvalue weighted by molar-refractivity contribution is 0.581. The van der Waals surface area contributed by atoms with E-state index < -0.39 is 10.0 Å². The van der Waals surface area contributed by atoms with Crippen molar-refractivity contribution >= 4 is 38.8 Å². The van der Waals surface area contributed by atoms with Crippen LogP contribution >= 0.6 is 22.9 Å². The van der Waals surface area contributed by atoms with Gasteiger partial charge in [-0.3, -0.25) is 0 Å². The molecule has 0 unspecified atom stereocenters. The van der Waals surface area contributed by atoms with Gasteiger partial charge in [-0.25, -0.2) is 24.0 Å². The first-order valence-electron chi connectivity index (χ1n) is 5.59. The van der Waals surface area contributed by atoms with Crippen molar-refractivity contribution in [3.05, 3.63) is 39.2 Å². The van der Waals surface area contributed by atoms with E-state index in [0.29, 0.717) is 0 Å². The number of hydrazine groups is 1. The first-order chi connectivity index (χ1) is 9.42. The second-order valence-electron chi connectivity index (χ2n) is 3.98. The minimum Gasteiger partial charge on any atom is -0.307 e. The van der Waals surface area contributed by atoms with Crippen molar-refractivity contribution in [3.8, 4) is 0 Å². The van der Waals surface area contributed by atoms with Gasteiger partial charge < -0.3 is 5.43 Å². The minimum atomic E-state index is -3.66. The molecule has 0 aromatic carbocycles. The van der Waals surface area contributed by atoms with Crippen molar-refractivity contribution in [1.29, 1.82) is 0 Å². The highest BCUT2D eigenvalue weighted by molar-refractivity contribution is 7.89. The van der Waals surface area contributed by atoms with Crippen LogP contribution in [0.4, 0.5) is 5.82 Å². The molecule has 2 aromatic heterocycles. The number of thiophene rings is 1. The maximum absolute atomic E-state index is 12.1. The molecule has 0 spiro atoms. The summed E-state index contributed by atoms with van der Waals surface area (Å²) in [4.78, 5) is 5.90. The molecular weight excluding hydrogens is 320 g/mol. The van der Waals surface area contributed by atoms with E-state index in [-0.39, 0.29) is 22.3 Å². The van der Waals surface area contributed by atoms with Gasteiger partial charge in [-0.2, -0.15) is 0 Å². The summed E-state index contributed by atoms with van der Waals surface area (Å²) in [5.74, 6) is 5.41. The molecule has 0 amide bonds. The van der Waals surface area contributed by atoms with Crippen LogP contribution in [0.15, 0.2) is 29.3 Å². The van der Waals surface area contributed by atoms with E-state index in [1.54, 1.807) is 0 Å². The van der Waals surface area contributed by atoms with Crippen molar-refractivity contribution < 1.29 is 8.42 Å². The van der Waals surface area contributed by atoms with Crippen molar-refractivity contribution in [3.63, 3.8) is 0 Å². The second-order valence-corrected chi connectivity index (χ2v) is 7.53. The summed E-state index contributed by atoms with van der Waals surface area (Å²) in [6, 6.07) is 5.12. The Morgan fingerprint density at radius 2 is 2.20 bits per heavy atom. The molecule has 2 aromatic rings. The van der Waals surface area contributed by atoms with E-state index in [2.05, 4.69) is 15.1 Å². The molecule has 0 saturated heterocycles. The van der Waals surface area contributed by atoms with Gasteiger partial charge in [0.05, 0.1) is 5.02 Å². The summed E-state index contributed by atoms with van der Waals surface area (Å²) in [6.07, 6.45) is 1.20. The zero-order valence-corrected chi connectivity index (χ0v) is 12.9. The third kappa shape index (κ3) is 3.47. The maximum Gasteiger partial charge on any atom is 0.242 e. The molecule has 0 fully saturated rings. The first-order valence-corrected chi connectivity index (χ1v) is 8.27. The molecule has 6 nitrogen and oxygen atoms in total. The van der Waals surface area contributed by atoms with Gasteiger partial charge in [0.2, 0.25) is 10.0 Å². The number of nitrogens with zero attached hydrogens (tertiary/aromatic N) is 1. The van der Waals surface area contributed by atoms with E-state index in [1.165, 1.54) is 23.6 Å². The Labute approximate surface area is 126 Å². The molecule has 0 aliphatic heterocycles. The molecular formula is C11H13ClN4O2S2. The van der Waals surface area contributed by atoms with Crippen LogP contribution in [0.2, 0.25) is 5.02 Å². The van der Waals surface area contributed by atoms with Gasteiger partial charge in [-0.15, -0.1) is 11.3 Å². The third-order valence-electron chi connectivity index (χ3n) is 2.50. The van der Waals surface area contributed by atoms with E-state index in [0.717, 1.165) is 9.75 Å². The Bertz CT molecular complexity index is 715. The molecule has 9 heteroatoms. The molecule has 0 bridgehead atoms. The summed E-state index contributed by atoms with van der Waals surface area (Å²) in [7, 11) is -3.66. The number of aryl methyl sites for hydroxylation is 1. The van der Waals surface area contributed by atoms with Crippen molar-refractivity contribution in [1.82, 2.24) is 9.71 Å². The Morgan fingerprint density at radius 3 is 2.75 bits per heavy atom. The number of nitrogens with one attached hydrogen (secondary N) is 2. The second kappa shape index (κ2) is 6.06. The van der Waals surface area contributed by atoms with Crippen molar-refractivity contribution in [2.75, 3.05) is 5.43 Å². The van der Waals surface area contributed by atoms with Gasteiger partial charge in [0.1, 0.15) is 4.90 Å². The van der Waals surface area contributed by atoms with Gasteiger partial charge in [0, 0.05) is 22.5 Å². The number of hydrogen-bond acceptors (Lipinski definition) is 6. The quantitative estimate of drug-likeness (QED) is 0.573. The Kier molecular flexibility index (Phi) is 4.61. The third-order valence-corrected chi connectivity index (χ3v) is 5.15. The van der Waals surface area contributed by atoms with Crippen LogP contribution < -0.4 is 16.0 Å². The van der Waals surface area contributed by atoms with E-state index in [1.807, 2.05) is 19.1 Å². The summed E-state index contributed by atoms with van der Waals surface area (Å²) in [6.45, 7) is 2.19. The van der Waals surface area contributed by atoms with Crippen LogP contribution in [-0.2, 0) is 16.6 Å². The van der Waals surface area contributed by atoms with E-state index >= 15 is 0 Å². The maximum atomic E-state index is 12.1. The predicted molar refractivity (Wildman–Crippen MR) is 80.1 cm³/mol. The molecule has 108 valence electrons.